The number of benzene rings is 1. The molecule has 1 aromatic heterocycles. The number of anilines is 1. The maximum Gasteiger partial charge on any atom is 0.354 e. The van der Waals surface area contributed by atoms with Gasteiger partial charge in [0.05, 0.1) is 30.1 Å². The van der Waals surface area contributed by atoms with E-state index in [1.54, 1.807) is 37.4 Å². The second-order valence-corrected chi connectivity index (χ2v) is 4.43. The van der Waals surface area contributed by atoms with E-state index in [-0.39, 0.29) is 5.69 Å². The summed E-state index contributed by atoms with van der Waals surface area (Å²) >= 11 is 6.07. The van der Waals surface area contributed by atoms with Crippen LogP contribution >= 0.6 is 11.6 Å². The summed E-state index contributed by atoms with van der Waals surface area (Å²) in [5.41, 5.74) is 1.33. The lowest BCUT2D eigenvalue weighted by molar-refractivity contribution is 0.0690. The molecule has 1 heterocycles. The number of carboxylic acids is 1. The largest absolute Gasteiger partial charge is 0.497 e. The van der Waals surface area contributed by atoms with Gasteiger partial charge in [-0.05, 0) is 24.3 Å². The standard InChI is InChI=1S/C14H13ClN2O3/c1-20-10-5-6-11(15)13(7-10)16-8-9-3-2-4-12(17-9)14(18)19/h2-7,16H,8H2,1H3,(H,18,19). The smallest absolute Gasteiger partial charge is 0.354 e. The molecule has 0 saturated carbocycles. The van der Waals surface area contributed by atoms with Gasteiger partial charge in [0.1, 0.15) is 11.4 Å². The highest BCUT2D eigenvalue weighted by molar-refractivity contribution is 6.33. The molecule has 2 N–H and O–H groups in total. The third-order valence-electron chi connectivity index (χ3n) is 2.66. The number of hydrogen-bond donors (Lipinski definition) is 2. The number of aromatic nitrogens is 1. The molecule has 104 valence electrons. The maximum atomic E-state index is 10.8. The molecule has 20 heavy (non-hydrogen) atoms. The fourth-order valence-corrected chi connectivity index (χ4v) is 1.83. The van der Waals surface area contributed by atoms with Crippen molar-refractivity contribution in [2.24, 2.45) is 0 Å². The molecule has 0 amide bonds. The van der Waals surface area contributed by atoms with E-state index in [0.717, 1.165) is 0 Å². The van der Waals surface area contributed by atoms with Crippen molar-refractivity contribution < 1.29 is 14.6 Å². The van der Waals surface area contributed by atoms with E-state index in [1.807, 2.05) is 0 Å². The molecule has 0 aliphatic heterocycles. The van der Waals surface area contributed by atoms with E-state index < -0.39 is 5.97 Å². The first-order chi connectivity index (χ1) is 9.60. The van der Waals surface area contributed by atoms with E-state index >= 15 is 0 Å². The molecule has 0 aliphatic carbocycles. The quantitative estimate of drug-likeness (QED) is 0.886. The Kier molecular flexibility index (Phi) is 4.42. The van der Waals surface area contributed by atoms with Gasteiger partial charge in [-0.3, -0.25) is 0 Å². The van der Waals surface area contributed by atoms with Crippen molar-refractivity contribution in [3.63, 3.8) is 0 Å². The first-order valence-electron chi connectivity index (χ1n) is 5.87. The van der Waals surface area contributed by atoms with Crippen LogP contribution in [0.25, 0.3) is 0 Å². The van der Waals surface area contributed by atoms with E-state index in [2.05, 4.69) is 10.3 Å². The van der Waals surface area contributed by atoms with Crippen LogP contribution in [-0.2, 0) is 6.54 Å². The van der Waals surface area contributed by atoms with E-state index in [4.69, 9.17) is 21.4 Å². The van der Waals surface area contributed by atoms with Crippen LogP contribution in [0.15, 0.2) is 36.4 Å². The molecule has 0 unspecified atom stereocenters. The molecule has 1 aromatic carbocycles. The van der Waals surface area contributed by atoms with Crippen LogP contribution in [0, 0.1) is 0 Å². The van der Waals surface area contributed by atoms with Gasteiger partial charge in [-0.1, -0.05) is 17.7 Å². The number of aromatic carboxylic acids is 1. The van der Waals surface area contributed by atoms with Crippen molar-refractivity contribution in [1.82, 2.24) is 4.98 Å². The van der Waals surface area contributed by atoms with Crippen molar-refractivity contribution in [1.29, 1.82) is 0 Å². The molecule has 0 fully saturated rings. The summed E-state index contributed by atoms with van der Waals surface area (Å²) < 4.78 is 5.12. The predicted molar refractivity (Wildman–Crippen MR) is 76.5 cm³/mol. The Morgan fingerprint density at radius 1 is 1.40 bits per heavy atom. The number of nitrogens with zero attached hydrogens (tertiary/aromatic N) is 1. The van der Waals surface area contributed by atoms with Crippen LogP contribution in [0.2, 0.25) is 5.02 Å². The van der Waals surface area contributed by atoms with E-state index in [9.17, 15) is 4.79 Å². The first-order valence-corrected chi connectivity index (χ1v) is 6.24. The fraction of sp³-hybridized carbons (Fsp3) is 0.143. The number of methoxy groups -OCH3 is 1. The molecular formula is C14H13ClN2O3. The van der Waals surface area contributed by atoms with Gasteiger partial charge < -0.3 is 15.2 Å². The summed E-state index contributed by atoms with van der Waals surface area (Å²) in [7, 11) is 1.57. The zero-order valence-corrected chi connectivity index (χ0v) is 11.5. The normalized spacial score (nSPS) is 10.1. The zero-order chi connectivity index (χ0) is 14.5. The lowest BCUT2D eigenvalue weighted by Gasteiger charge is -2.10. The Hall–Kier alpha value is -2.27. The highest BCUT2D eigenvalue weighted by atomic mass is 35.5. The van der Waals surface area contributed by atoms with Gasteiger partial charge in [0.15, 0.2) is 0 Å². The van der Waals surface area contributed by atoms with Crippen molar-refractivity contribution in [2.45, 2.75) is 6.54 Å². The SMILES string of the molecule is COc1ccc(Cl)c(NCc2cccc(C(=O)O)n2)c1. The molecule has 0 saturated heterocycles. The molecule has 2 rings (SSSR count). The Morgan fingerprint density at radius 3 is 2.90 bits per heavy atom. The molecule has 0 bridgehead atoms. The first kappa shape index (κ1) is 14.1. The average Bonchev–Trinajstić information content (AvgIpc) is 2.46. The maximum absolute atomic E-state index is 10.8. The minimum atomic E-state index is -1.05. The molecule has 0 aliphatic rings. The minimum Gasteiger partial charge on any atom is -0.497 e. The monoisotopic (exact) mass is 292 g/mol. The third kappa shape index (κ3) is 3.39. The van der Waals surface area contributed by atoms with E-state index in [0.29, 0.717) is 28.7 Å². The molecule has 6 heteroatoms. The summed E-state index contributed by atoms with van der Waals surface area (Å²) in [6.45, 7) is 0.369. The van der Waals surface area contributed by atoms with Crippen LogP contribution in [0.4, 0.5) is 5.69 Å². The second-order valence-electron chi connectivity index (χ2n) is 4.02. The molecule has 0 spiro atoms. The second kappa shape index (κ2) is 6.25. The van der Waals surface area contributed by atoms with Crippen molar-refractivity contribution in [2.75, 3.05) is 12.4 Å². The van der Waals surface area contributed by atoms with Gasteiger partial charge in [-0.2, -0.15) is 0 Å². The van der Waals surface area contributed by atoms with Crippen LogP contribution in [0.3, 0.4) is 0 Å². The van der Waals surface area contributed by atoms with Gasteiger partial charge in [0.25, 0.3) is 0 Å². The Balaban J connectivity index is 2.12. The van der Waals surface area contributed by atoms with Gasteiger partial charge in [0.2, 0.25) is 0 Å². The van der Waals surface area contributed by atoms with Gasteiger partial charge in [-0.25, -0.2) is 9.78 Å². The molecule has 0 radical (unpaired) electrons. The summed E-state index contributed by atoms with van der Waals surface area (Å²) in [4.78, 5) is 14.9. The summed E-state index contributed by atoms with van der Waals surface area (Å²) in [5, 5.41) is 12.5. The summed E-state index contributed by atoms with van der Waals surface area (Å²) in [6, 6.07) is 10.1. The van der Waals surface area contributed by atoms with Crippen LogP contribution in [0.5, 0.6) is 5.75 Å². The highest BCUT2D eigenvalue weighted by Crippen LogP contribution is 2.26. The van der Waals surface area contributed by atoms with Crippen molar-refractivity contribution >= 4 is 23.3 Å². The number of ether oxygens (including phenoxy) is 1. The molecule has 5 nitrogen and oxygen atoms in total. The predicted octanol–water partition coefficient (Wildman–Crippen LogP) is 3.05. The number of rotatable bonds is 5. The van der Waals surface area contributed by atoms with Crippen LogP contribution < -0.4 is 10.1 Å². The van der Waals surface area contributed by atoms with Gasteiger partial charge >= 0.3 is 5.97 Å². The van der Waals surface area contributed by atoms with Gasteiger partial charge in [-0.15, -0.1) is 0 Å². The number of nitrogens with one attached hydrogen (secondary N) is 1. The van der Waals surface area contributed by atoms with E-state index in [1.165, 1.54) is 6.07 Å². The summed E-state index contributed by atoms with van der Waals surface area (Å²) in [5.74, 6) is -0.365. The third-order valence-corrected chi connectivity index (χ3v) is 2.99. The molecule has 0 atom stereocenters. The van der Waals surface area contributed by atoms with Crippen molar-refractivity contribution in [3.05, 3.63) is 52.8 Å². The molecular weight excluding hydrogens is 280 g/mol. The number of halogens is 1. The Morgan fingerprint density at radius 2 is 2.20 bits per heavy atom. The van der Waals surface area contributed by atoms with Crippen LogP contribution in [-0.4, -0.2) is 23.2 Å². The fourth-order valence-electron chi connectivity index (χ4n) is 1.65. The zero-order valence-electron chi connectivity index (χ0n) is 10.8. The number of hydrogen-bond acceptors (Lipinski definition) is 4. The minimum absolute atomic E-state index is 0.0149. The van der Waals surface area contributed by atoms with Crippen molar-refractivity contribution in [3.8, 4) is 5.75 Å². The highest BCUT2D eigenvalue weighted by Gasteiger charge is 2.06. The average molecular weight is 293 g/mol. The Bertz CT molecular complexity index is 632. The van der Waals surface area contributed by atoms with Crippen LogP contribution in [0.1, 0.15) is 16.2 Å². The topological polar surface area (TPSA) is 71.5 Å². The number of carbonyl (C=O) groups is 1. The van der Waals surface area contributed by atoms with Gasteiger partial charge in [0, 0.05) is 6.07 Å². The number of carboxylic acid groups (broad SMARTS) is 1. The number of pyridine rings is 1. The molecule has 2 aromatic rings. The lowest BCUT2D eigenvalue weighted by Crippen LogP contribution is -2.06. The Labute approximate surface area is 121 Å². The lowest BCUT2D eigenvalue weighted by atomic mass is 10.2. The summed E-state index contributed by atoms with van der Waals surface area (Å²) in [6.07, 6.45) is 0.